The Morgan fingerprint density at radius 1 is 1.80 bits per heavy atom. The number of hydrogen-bond donors (Lipinski definition) is 1. The highest BCUT2D eigenvalue weighted by atomic mass is 16.1. The average Bonchev–Trinajstić information content (AvgIpc) is 1.88. The van der Waals surface area contributed by atoms with Crippen molar-refractivity contribution in [1.29, 1.82) is 0 Å². The van der Waals surface area contributed by atoms with Crippen LogP contribution in [0.2, 0.25) is 0 Å². The van der Waals surface area contributed by atoms with Crippen molar-refractivity contribution in [3.05, 3.63) is 24.4 Å². The Kier molecular flexibility index (Phi) is 2.26. The van der Waals surface area contributed by atoms with E-state index in [9.17, 15) is 4.79 Å². The Morgan fingerprint density at radius 3 is 3.20 bits per heavy atom. The molecule has 0 amide bonds. The third-order valence-corrected chi connectivity index (χ3v) is 1.43. The lowest BCUT2D eigenvalue weighted by molar-refractivity contribution is -0.115. The van der Waals surface area contributed by atoms with Gasteiger partial charge in [0.25, 0.3) is 0 Å². The number of carbonyl (C=O) groups excluding carboxylic acids is 1. The molecule has 0 unspecified atom stereocenters. The van der Waals surface area contributed by atoms with Gasteiger partial charge in [-0.25, -0.2) is 0 Å². The zero-order valence-corrected chi connectivity index (χ0v) is 6.00. The first-order chi connectivity index (χ1) is 4.83. The van der Waals surface area contributed by atoms with Crippen LogP contribution in [0.3, 0.4) is 0 Å². The summed E-state index contributed by atoms with van der Waals surface area (Å²) in [5.41, 5.74) is 0. The number of nitrogens with one attached hydrogen (secondary N) is 1. The van der Waals surface area contributed by atoms with Crippen molar-refractivity contribution < 1.29 is 4.79 Å². The molecule has 1 rings (SSSR count). The van der Waals surface area contributed by atoms with E-state index in [4.69, 9.17) is 0 Å². The highest BCUT2D eigenvalue weighted by Crippen LogP contribution is 2.01. The third kappa shape index (κ3) is 1.72. The third-order valence-electron chi connectivity index (χ3n) is 1.43. The number of carbonyl (C=O) groups is 1. The minimum absolute atomic E-state index is 0.196. The van der Waals surface area contributed by atoms with Crippen molar-refractivity contribution in [2.45, 2.75) is 19.4 Å². The number of allylic oxidation sites excluding steroid dienone is 2. The van der Waals surface area contributed by atoms with Gasteiger partial charge >= 0.3 is 0 Å². The van der Waals surface area contributed by atoms with E-state index in [-0.39, 0.29) is 11.8 Å². The van der Waals surface area contributed by atoms with E-state index in [1.165, 1.54) is 0 Å². The zero-order chi connectivity index (χ0) is 7.40. The molecule has 2 nitrogen and oxygen atoms in total. The lowest BCUT2D eigenvalue weighted by Gasteiger charge is -2.14. The second-order valence-electron chi connectivity index (χ2n) is 2.30. The van der Waals surface area contributed by atoms with Crippen molar-refractivity contribution in [2.24, 2.45) is 0 Å². The van der Waals surface area contributed by atoms with Crippen molar-refractivity contribution in [3.63, 3.8) is 0 Å². The van der Waals surface area contributed by atoms with Gasteiger partial charge in [-0.15, -0.1) is 0 Å². The molecule has 0 spiro atoms. The van der Waals surface area contributed by atoms with Gasteiger partial charge in [0.15, 0.2) is 5.78 Å². The van der Waals surface area contributed by atoms with Gasteiger partial charge in [0.05, 0.1) is 6.04 Å². The van der Waals surface area contributed by atoms with Gasteiger partial charge in [0.1, 0.15) is 0 Å². The molecule has 0 aromatic rings. The fraction of sp³-hybridized carbons (Fsp3) is 0.375. The van der Waals surface area contributed by atoms with E-state index in [2.05, 4.69) is 5.32 Å². The maximum absolute atomic E-state index is 10.8. The Balaban J connectivity index is 2.52. The Hall–Kier alpha value is -1.05. The molecular weight excluding hydrogens is 126 g/mol. The summed E-state index contributed by atoms with van der Waals surface area (Å²) in [6.45, 7) is 1.95. The van der Waals surface area contributed by atoms with Gasteiger partial charge in [-0.2, -0.15) is 0 Å². The van der Waals surface area contributed by atoms with E-state index in [0.717, 1.165) is 0 Å². The minimum Gasteiger partial charge on any atom is -0.384 e. The fourth-order valence-corrected chi connectivity index (χ4v) is 0.964. The predicted octanol–water partition coefficient (Wildman–Crippen LogP) is 1.01. The van der Waals surface area contributed by atoms with Crippen LogP contribution in [0.15, 0.2) is 24.4 Å². The first-order valence-corrected chi connectivity index (χ1v) is 3.41. The first kappa shape index (κ1) is 7.06. The second kappa shape index (κ2) is 3.20. The Morgan fingerprint density at radius 2 is 2.60 bits per heavy atom. The van der Waals surface area contributed by atoms with E-state index >= 15 is 0 Å². The molecule has 1 aliphatic rings. The van der Waals surface area contributed by atoms with Gasteiger partial charge in [0, 0.05) is 12.6 Å². The molecule has 0 saturated carbocycles. The molecule has 1 atom stereocenters. The molecule has 1 aliphatic heterocycles. The van der Waals surface area contributed by atoms with Crippen molar-refractivity contribution in [2.75, 3.05) is 0 Å². The Bertz CT molecular complexity index is 182. The first-order valence-electron chi connectivity index (χ1n) is 3.41. The summed E-state index contributed by atoms with van der Waals surface area (Å²) in [6.07, 6.45) is 7.79. The van der Waals surface area contributed by atoms with Crippen LogP contribution in [-0.2, 0) is 4.79 Å². The van der Waals surface area contributed by atoms with Gasteiger partial charge in [-0.3, -0.25) is 4.79 Å². The van der Waals surface area contributed by atoms with Crippen LogP contribution in [0, 0.1) is 0 Å². The highest BCUT2D eigenvalue weighted by Gasteiger charge is 2.09. The predicted molar refractivity (Wildman–Crippen MR) is 40.5 cm³/mol. The molecule has 1 heterocycles. The van der Waals surface area contributed by atoms with E-state index < -0.39 is 0 Å². The summed E-state index contributed by atoms with van der Waals surface area (Å²) in [7, 11) is 0. The van der Waals surface area contributed by atoms with Gasteiger partial charge in [0.2, 0.25) is 0 Å². The SMILES string of the molecule is C/C=C/[C@@H]1CC(=O)C=CN1. The van der Waals surface area contributed by atoms with Crippen molar-refractivity contribution in [3.8, 4) is 0 Å². The normalized spacial score (nSPS) is 25.3. The molecule has 0 radical (unpaired) electrons. The average molecular weight is 137 g/mol. The molecule has 54 valence electrons. The van der Waals surface area contributed by atoms with Crippen LogP contribution < -0.4 is 5.32 Å². The summed E-state index contributed by atoms with van der Waals surface area (Å²) in [5, 5.41) is 3.06. The smallest absolute Gasteiger partial charge is 0.159 e. The van der Waals surface area contributed by atoms with E-state index in [1.54, 1.807) is 12.3 Å². The van der Waals surface area contributed by atoms with Crippen LogP contribution in [0.25, 0.3) is 0 Å². The quantitative estimate of drug-likeness (QED) is 0.546. The van der Waals surface area contributed by atoms with E-state index in [0.29, 0.717) is 6.42 Å². The van der Waals surface area contributed by atoms with Crippen molar-refractivity contribution >= 4 is 5.78 Å². The number of rotatable bonds is 1. The summed E-state index contributed by atoms with van der Waals surface area (Å²) >= 11 is 0. The summed E-state index contributed by atoms with van der Waals surface area (Å²) in [4.78, 5) is 10.8. The molecule has 10 heavy (non-hydrogen) atoms. The minimum atomic E-state index is 0.196. The number of hydrogen-bond acceptors (Lipinski definition) is 2. The molecular formula is C8H11NO. The fourth-order valence-electron chi connectivity index (χ4n) is 0.964. The Labute approximate surface area is 60.6 Å². The molecule has 0 bridgehead atoms. The lowest BCUT2D eigenvalue weighted by Crippen LogP contribution is -2.28. The van der Waals surface area contributed by atoms with Crippen LogP contribution in [0.1, 0.15) is 13.3 Å². The molecule has 2 heteroatoms. The standard InChI is InChI=1S/C8H11NO/c1-2-3-7-6-8(10)4-5-9-7/h2-5,7,9H,6H2,1H3/b3-2+/t7-/m1/s1. The molecule has 0 aliphatic carbocycles. The molecule has 0 aromatic carbocycles. The molecule has 0 fully saturated rings. The van der Waals surface area contributed by atoms with Gasteiger partial charge < -0.3 is 5.32 Å². The van der Waals surface area contributed by atoms with Crippen LogP contribution in [-0.4, -0.2) is 11.8 Å². The second-order valence-corrected chi connectivity index (χ2v) is 2.30. The molecule has 0 saturated heterocycles. The van der Waals surface area contributed by atoms with Crippen LogP contribution in [0.5, 0.6) is 0 Å². The summed E-state index contributed by atoms with van der Waals surface area (Å²) in [6, 6.07) is 0.211. The molecule has 1 N–H and O–H groups in total. The van der Waals surface area contributed by atoms with E-state index in [1.807, 2.05) is 19.1 Å². The summed E-state index contributed by atoms with van der Waals surface area (Å²) in [5.74, 6) is 0.196. The van der Waals surface area contributed by atoms with Crippen molar-refractivity contribution in [1.82, 2.24) is 5.32 Å². The highest BCUT2D eigenvalue weighted by molar-refractivity contribution is 5.91. The maximum Gasteiger partial charge on any atom is 0.159 e. The number of ketones is 1. The zero-order valence-electron chi connectivity index (χ0n) is 6.00. The lowest BCUT2D eigenvalue weighted by atomic mass is 10.1. The topological polar surface area (TPSA) is 29.1 Å². The monoisotopic (exact) mass is 137 g/mol. The van der Waals surface area contributed by atoms with Crippen LogP contribution in [0.4, 0.5) is 0 Å². The van der Waals surface area contributed by atoms with Crippen LogP contribution >= 0.6 is 0 Å². The largest absolute Gasteiger partial charge is 0.384 e. The summed E-state index contributed by atoms with van der Waals surface area (Å²) < 4.78 is 0. The molecule has 0 aromatic heterocycles. The van der Waals surface area contributed by atoms with Gasteiger partial charge in [-0.1, -0.05) is 12.2 Å². The maximum atomic E-state index is 10.8. The van der Waals surface area contributed by atoms with Gasteiger partial charge in [-0.05, 0) is 13.0 Å².